The molecule has 11 rings (SSSR count). The Hall–Kier alpha value is -6.74. The fourth-order valence-electron chi connectivity index (χ4n) is 8.40. The summed E-state index contributed by atoms with van der Waals surface area (Å²) in [6.07, 6.45) is 0. The van der Waals surface area contributed by atoms with Crippen LogP contribution in [-0.2, 0) is 0 Å². The number of hydrogen-bond acceptors (Lipinski definition) is 2. The predicted molar refractivity (Wildman–Crippen MR) is 235 cm³/mol. The smallest absolute Gasteiger partial charge is 0.0468 e. The number of fused-ring (bicyclic) bond motifs is 9. The summed E-state index contributed by atoms with van der Waals surface area (Å²) in [6.45, 7) is 0. The van der Waals surface area contributed by atoms with Gasteiger partial charge < -0.3 is 4.90 Å². The number of thiophene rings is 1. The maximum absolute atomic E-state index is 2.40. The maximum Gasteiger partial charge on any atom is 0.0468 e. The lowest BCUT2D eigenvalue weighted by Crippen LogP contribution is -2.10. The zero-order valence-corrected chi connectivity index (χ0v) is 30.2. The molecule has 252 valence electrons. The lowest BCUT2D eigenvalue weighted by atomic mass is 9.91. The Morgan fingerprint density at radius 3 is 1.81 bits per heavy atom. The van der Waals surface area contributed by atoms with Gasteiger partial charge >= 0.3 is 0 Å². The number of anilines is 3. The van der Waals surface area contributed by atoms with Gasteiger partial charge in [-0.05, 0) is 120 Å². The lowest BCUT2D eigenvalue weighted by Gasteiger charge is -2.27. The number of rotatable bonds is 5. The van der Waals surface area contributed by atoms with Gasteiger partial charge in [0, 0.05) is 37.2 Å². The van der Waals surface area contributed by atoms with E-state index in [1.165, 1.54) is 85.5 Å². The highest BCUT2D eigenvalue weighted by atomic mass is 32.1. The van der Waals surface area contributed by atoms with E-state index in [0.717, 1.165) is 17.1 Å². The van der Waals surface area contributed by atoms with Crippen molar-refractivity contribution < 1.29 is 0 Å². The second-order valence-corrected chi connectivity index (χ2v) is 15.2. The van der Waals surface area contributed by atoms with E-state index in [-0.39, 0.29) is 0 Å². The van der Waals surface area contributed by atoms with E-state index < -0.39 is 0 Å². The van der Waals surface area contributed by atoms with Crippen LogP contribution in [0.4, 0.5) is 17.1 Å². The maximum atomic E-state index is 2.40. The standard InChI is InChI=1S/C52H33NS/c1-2-10-34(11-3-1)39-14-8-15-43(30-39)53(44-29-26-40-33-50-48(32-41(40)31-44)47-17-6-7-19-49(47)54-50)42-27-24-36(25-28-42)46-18-9-13-37-22-23-38-21-20-35-12-4-5-16-45(35)52(38)51(37)46/h1-33H. The monoisotopic (exact) mass is 703 g/mol. The molecule has 1 heterocycles. The molecule has 0 bridgehead atoms. The van der Waals surface area contributed by atoms with Gasteiger partial charge in [0.1, 0.15) is 0 Å². The average molecular weight is 704 g/mol. The van der Waals surface area contributed by atoms with Gasteiger partial charge in [-0.3, -0.25) is 0 Å². The Kier molecular flexibility index (Phi) is 7.11. The van der Waals surface area contributed by atoms with Gasteiger partial charge in [0.2, 0.25) is 0 Å². The highest BCUT2D eigenvalue weighted by Crippen LogP contribution is 2.43. The van der Waals surface area contributed by atoms with E-state index in [0.29, 0.717) is 0 Å². The number of benzene rings is 10. The van der Waals surface area contributed by atoms with Gasteiger partial charge in [-0.15, -0.1) is 11.3 Å². The molecule has 0 unspecified atom stereocenters. The normalized spacial score (nSPS) is 11.7. The highest BCUT2D eigenvalue weighted by Gasteiger charge is 2.17. The lowest BCUT2D eigenvalue weighted by molar-refractivity contribution is 1.29. The molecule has 0 aliphatic heterocycles. The van der Waals surface area contributed by atoms with Crippen molar-refractivity contribution in [1.29, 1.82) is 0 Å². The van der Waals surface area contributed by atoms with E-state index in [1.807, 2.05) is 11.3 Å². The molecule has 0 saturated carbocycles. The second kappa shape index (κ2) is 12.4. The Bertz CT molecular complexity index is 3210. The van der Waals surface area contributed by atoms with Gasteiger partial charge in [0.05, 0.1) is 0 Å². The van der Waals surface area contributed by atoms with Gasteiger partial charge in [-0.25, -0.2) is 0 Å². The third kappa shape index (κ3) is 5.07. The van der Waals surface area contributed by atoms with Crippen LogP contribution in [0.1, 0.15) is 0 Å². The van der Waals surface area contributed by atoms with Crippen molar-refractivity contribution in [3.63, 3.8) is 0 Å². The molecular weight excluding hydrogens is 671 g/mol. The van der Waals surface area contributed by atoms with Gasteiger partial charge in [-0.1, -0.05) is 146 Å². The van der Waals surface area contributed by atoms with Crippen molar-refractivity contribution in [2.45, 2.75) is 0 Å². The van der Waals surface area contributed by atoms with Crippen LogP contribution in [-0.4, -0.2) is 0 Å². The summed E-state index contributed by atoms with van der Waals surface area (Å²) < 4.78 is 2.66. The van der Waals surface area contributed by atoms with E-state index in [9.17, 15) is 0 Å². The molecule has 0 N–H and O–H groups in total. The van der Waals surface area contributed by atoms with E-state index in [1.54, 1.807) is 0 Å². The molecule has 0 fully saturated rings. The topological polar surface area (TPSA) is 3.24 Å². The van der Waals surface area contributed by atoms with Crippen molar-refractivity contribution in [3.8, 4) is 22.3 Å². The Morgan fingerprint density at radius 2 is 0.944 bits per heavy atom. The summed E-state index contributed by atoms with van der Waals surface area (Å²) in [4.78, 5) is 2.40. The minimum absolute atomic E-state index is 1.11. The van der Waals surface area contributed by atoms with Crippen LogP contribution >= 0.6 is 11.3 Å². The highest BCUT2D eigenvalue weighted by molar-refractivity contribution is 7.25. The van der Waals surface area contributed by atoms with E-state index in [4.69, 9.17) is 0 Å². The van der Waals surface area contributed by atoms with Crippen LogP contribution in [0.2, 0.25) is 0 Å². The quantitative estimate of drug-likeness (QED) is 0.161. The molecule has 0 radical (unpaired) electrons. The Labute approximate surface area is 317 Å². The molecule has 2 heteroatoms. The molecule has 0 aliphatic carbocycles. The molecule has 0 aliphatic rings. The van der Waals surface area contributed by atoms with Crippen LogP contribution in [0.15, 0.2) is 200 Å². The molecule has 54 heavy (non-hydrogen) atoms. The van der Waals surface area contributed by atoms with Gasteiger partial charge in [0.15, 0.2) is 0 Å². The third-order valence-corrected chi connectivity index (χ3v) is 12.1. The average Bonchev–Trinajstić information content (AvgIpc) is 3.60. The van der Waals surface area contributed by atoms with Crippen LogP contribution in [0, 0.1) is 0 Å². The SMILES string of the molecule is c1ccc(-c2cccc(N(c3ccc(-c4cccc5ccc6ccc7ccccc7c6c45)cc3)c3ccc4cc5sc6ccccc6c5cc4c3)c2)cc1. The van der Waals surface area contributed by atoms with Crippen LogP contribution in [0.3, 0.4) is 0 Å². The third-order valence-electron chi connectivity index (χ3n) is 11.0. The molecule has 0 spiro atoms. The van der Waals surface area contributed by atoms with E-state index >= 15 is 0 Å². The first-order valence-corrected chi connectivity index (χ1v) is 19.3. The number of nitrogens with zero attached hydrogens (tertiary/aromatic N) is 1. The molecule has 1 nitrogen and oxygen atoms in total. The van der Waals surface area contributed by atoms with Crippen molar-refractivity contribution in [1.82, 2.24) is 0 Å². The van der Waals surface area contributed by atoms with Crippen molar-refractivity contribution in [2.24, 2.45) is 0 Å². The zero-order valence-electron chi connectivity index (χ0n) is 29.4. The van der Waals surface area contributed by atoms with Crippen LogP contribution in [0.25, 0.3) is 85.5 Å². The number of hydrogen-bond donors (Lipinski definition) is 0. The fraction of sp³-hybridized carbons (Fsp3) is 0. The molecule has 10 aromatic carbocycles. The largest absolute Gasteiger partial charge is 0.310 e. The van der Waals surface area contributed by atoms with Gasteiger partial charge in [0.25, 0.3) is 0 Å². The first-order chi connectivity index (χ1) is 26.7. The van der Waals surface area contributed by atoms with Crippen LogP contribution < -0.4 is 4.90 Å². The van der Waals surface area contributed by atoms with Crippen molar-refractivity contribution >= 4 is 91.7 Å². The van der Waals surface area contributed by atoms with Crippen LogP contribution in [0.5, 0.6) is 0 Å². The molecule has 0 saturated heterocycles. The second-order valence-electron chi connectivity index (χ2n) is 14.1. The first kappa shape index (κ1) is 30.8. The van der Waals surface area contributed by atoms with E-state index in [2.05, 4.69) is 205 Å². The van der Waals surface area contributed by atoms with Crippen molar-refractivity contribution in [2.75, 3.05) is 4.90 Å². The molecule has 0 amide bonds. The predicted octanol–water partition coefficient (Wildman–Crippen LogP) is 15.5. The summed E-state index contributed by atoms with van der Waals surface area (Å²) in [5.41, 5.74) is 8.20. The summed E-state index contributed by atoms with van der Waals surface area (Å²) in [5, 5.41) is 12.8. The molecule has 1 aromatic heterocycles. The Morgan fingerprint density at radius 1 is 0.296 bits per heavy atom. The van der Waals surface area contributed by atoms with Gasteiger partial charge in [-0.2, -0.15) is 0 Å². The summed E-state index contributed by atoms with van der Waals surface area (Å²) in [7, 11) is 0. The summed E-state index contributed by atoms with van der Waals surface area (Å²) in [5.74, 6) is 0. The zero-order chi connectivity index (χ0) is 35.6. The minimum Gasteiger partial charge on any atom is -0.310 e. The molecule has 0 atom stereocenters. The summed E-state index contributed by atoms with van der Waals surface area (Å²) in [6, 6.07) is 73.6. The molecular formula is C52H33NS. The summed E-state index contributed by atoms with van der Waals surface area (Å²) >= 11 is 1.87. The minimum atomic E-state index is 1.11. The fourth-order valence-corrected chi connectivity index (χ4v) is 9.54. The van der Waals surface area contributed by atoms with Crippen molar-refractivity contribution in [3.05, 3.63) is 200 Å². The Balaban J connectivity index is 1.09. The first-order valence-electron chi connectivity index (χ1n) is 18.5. The molecule has 11 aromatic rings.